The number of nitrogens with two attached hydrogens (primary N) is 1. The van der Waals surface area contributed by atoms with Crippen molar-refractivity contribution in [1.29, 1.82) is 0 Å². The predicted molar refractivity (Wildman–Crippen MR) is 87.4 cm³/mol. The minimum atomic E-state index is -0.285. The van der Waals surface area contributed by atoms with E-state index in [1.165, 1.54) is 12.1 Å². The van der Waals surface area contributed by atoms with Gasteiger partial charge in [0.05, 0.1) is 19.8 Å². The monoisotopic (exact) mass is 315 g/mol. The first kappa shape index (κ1) is 15.1. The van der Waals surface area contributed by atoms with E-state index in [9.17, 15) is 4.39 Å². The minimum absolute atomic E-state index is 0.253. The topological polar surface area (TPSA) is 68.9 Å². The molecule has 0 spiro atoms. The Balaban J connectivity index is 1.66. The van der Waals surface area contributed by atoms with Gasteiger partial charge in [-0.2, -0.15) is 0 Å². The van der Waals surface area contributed by atoms with Crippen molar-refractivity contribution >= 4 is 11.6 Å². The molecule has 0 atom stereocenters. The number of guanidine groups is 1. The highest BCUT2D eigenvalue weighted by atomic mass is 19.1. The van der Waals surface area contributed by atoms with Crippen molar-refractivity contribution in [1.82, 2.24) is 0 Å². The van der Waals surface area contributed by atoms with Gasteiger partial charge in [-0.25, -0.2) is 9.38 Å². The van der Waals surface area contributed by atoms with E-state index in [1.807, 2.05) is 18.2 Å². The normalized spacial score (nSPS) is 14.2. The number of hydrogen-bond donors (Lipinski definition) is 2. The molecule has 0 bridgehead atoms. The summed E-state index contributed by atoms with van der Waals surface area (Å²) in [4.78, 5) is 4.21. The predicted octanol–water partition coefficient (Wildman–Crippen LogP) is 2.91. The van der Waals surface area contributed by atoms with Crippen LogP contribution in [0.25, 0.3) is 0 Å². The zero-order chi connectivity index (χ0) is 16.1. The lowest BCUT2D eigenvalue weighted by Gasteiger charge is -2.10. The lowest BCUT2D eigenvalue weighted by molar-refractivity contribution is 0.297. The Morgan fingerprint density at radius 2 is 1.96 bits per heavy atom. The lowest BCUT2D eigenvalue weighted by atomic mass is 10.2. The zero-order valence-corrected chi connectivity index (χ0v) is 12.6. The van der Waals surface area contributed by atoms with E-state index >= 15 is 0 Å². The number of nitrogens with zero attached hydrogens (tertiary/aromatic N) is 1. The maximum atomic E-state index is 13.1. The largest absolute Gasteiger partial charge is 0.490 e. The number of hydrogen-bond acceptors (Lipinski definition) is 3. The van der Waals surface area contributed by atoms with E-state index in [-0.39, 0.29) is 11.8 Å². The SMILES string of the molecule is NC(=NCc1cccc(F)c1)Nc1ccc2c(c1)OCCCO2. The number of fused-ring (bicyclic) bond motifs is 1. The number of rotatable bonds is 3. The minimum Gasteiger partial charge on any atom is -0.490 e. The van der Waals surface area contributed by atoms with E-state index in [1.54, 1.807) is 12.1 Å². The van der Waals surface area contributed by atoms with Gasteiger partial charge in [0.1, 0.15) is 5.82 Å². The van der Waals surface area contributed by atoms with Crippen LogP contribution in [0, 0.1) is 5.82 Å². The molecule has 120 valence electrons. The highest BCUT2D eigenvalue weighted by Crippen LogP contribution is 2.32. The third-order valence-corrected chi connectivity index (χ3v) is 3.34. The molecule has 23 heavy (non-hydrogen) atoms. The maximum absolute atomic E-state index is 13.1. The van der Waals surface area contributed by atoms with Crippen LogP contribution in [0.2, 0.25) is 0 Å². The molecule has 0 radical (unpaired) electrons. The molecule has 0 fully saturated rings. The average Bonchev–Trinajstić information content (AvgIpc) is 2.78. The van der Waals surface area contributed by atoms with Crippen molar-refractivity contribution in [3.05, 3.63) is 53.8 Å². The van der Waals surface area contributed by atoms with Crippen LogP contribution in [0.4, 0.5) is 10.1 Å². The summed E-state index contributed by atoms with van der Waals surface area (Å²) in [6, 6.07) is 11.8. The van der Waals surface area contributed by atoms with E-state index in [4.69, 9.17) is 15.2 Å². The average molecular weight is 315 g/mol. The summed E-state index contributed by atoms with van der Waals surface area (Å²) in [5, 5.41) is 3.00. The second kappa shape index (κ2) is 7.00. The quantitative estimate of drug-likeness (QED) is 0.675. The summed E-state index contributed by atoms with van der Waals surface area (Å²) in [5.41, 5.74) is 7.39. The Hall–Kier alpha value is -2.76. The van der Waals surface area contributed by atoms with Crippen molar-refractivity contribution < 1.29 is 13.9 Å². The van der Waals surface area contributed by atoms with Gasteiger partial charge < -0.3 is 20.5 Å². The molecular formula is C17H18FN3O2. The number of anilines is 1. The Bertz CT molecular complexity index is 719. The second-order valence-corrected chi connectivity index (χ2v) is 5.17. The molecule has 1 aliphatic rings. The first-order valence-electron chi connectivity index (χ1n) is 7.42. The van der Waals surface area contributed by atoms with Gasteiger partial charge in [-0.1, -0.05) is 12.1 Å². The van der Waals surface area contributed by atoms with Crippen molar-refractivity contribution in [2.75, 3.05) is 18.5 Å². The number of ether oxygens (including phenoxy) is 2. The summed E-state index contributed by atoms with van der Waals surface area (Å²) in [6.45, 7) is 1.58. The Labute approximate surface area is 133 Å². The molecule has 0 aliphatic carbocycles. The van der Waals surface area contributed by atoms with E-state index in [2.05, 4.69) is 10.3 Å². The van der Waals surface area contributed by atoms with Crippen LogP contribution in [-0.2, 0) is 6.54 Å². The molecule has 3 rings (SSSR count). The second-order valence-electron chi connectivity index (χ2n) is 5.17. The lowest BCUT2D eigenvalue weighted by Crippen LogP contribution is -2.22. The van der Waals surface area contributed by atoms with Gasteiger partial charge in [0.15, 0.2) is 17.5 Å². The fourth-order valence-electron chi connectivity index (χ4n) is 2.24. The van der Waals surface area contributed by atoms with Crippen molar-refractivity contribution in [3.63, 3.8) is 0 Å². The molecule has 0 aromatic heterocycles. The van der Waals surface area contributed by atoms with Crippen LogP contribution in [0.5, 0.6) is 11.5 Å². The molecule has 0 unspecified atom stereocenters. The summed E-state index contributed by atoms with van der Waals surface area (Å²) in [7, 11) is 0. The van der Waals surface area contributed by atoms with E-state index in [0.717, 1.165) is 23.4 Å². The van der Waals surface area contributed by atoms with Gasteiger partial charge >= 0.3 is 0 Å². The van der Waals surface area contributed by atoms with Gasteiger partial charge in [-0.15, -0.1) is 0 Å². The van der Waals surface area contributed by atoms with Crippen LogP contribution < -0.4 is 20.5 Å². The summed E-state index contributed by atoms with van der Waals surface area (Å²) < 4.78 is 24.3. The molecule has 2 aromatic carbocycles. The summed E-state index contributed by atoms with van der Waals surface area (Å²) in [6.07, 6.45) is 0.856. The smallest absolute Gasteiger partial charge is 0.193 e. The molecule has 2 aromatic rings. The first-order chi connectivity index (χ1) is 11.2. The standard InChI is InChI=1S/C17H18FN3O2/c18-13-4-1-3-12(9-13)11-20-17(19)21-14-5-6-15-16(10-14)23-8-2-7-22-15/h1,3-6,9-10H,2,7-8,11H2,(H3,19,20,21). The Kier molecular flexibility index (Phi) is 4.61. The van der Waals surface area contributed by atoms with Crippen molar-refractivity contribution in [3.8, 4) is 11.5 Å². The van der Waals surface area contributed by atoms with Gasteiger partial charge in [0.25, 0.3) is 0 Å². The third kappa shape index (κ3) is 4.12. The van der Waals surface area contributed by atoms with E-state index < -0.39 is 0 Å². The van der Waals surface area contributed by atoms with Gasteiger partial charge in [0.2, 0.25) is 0 Å². The van der Waals surface area contributed by atoms with E-state index in [0.29, 0.717) is 25.5 Å². The molecular weight excluding hydrogens is 297 g/mol. The fraction of sp³-hybridized carbons (Fsp3) is 0.235. The first-order valence-corrected chi connectivity index (χ1v) is 7.42. The number of halogens is 1. The summed E-state index contributed by atoms with van der Waals surface area (Å²) >= 11 is 0. The third-order valence-electron chi connectivity index (χ3n) is 3.34. The highest BCUT2D eigenvalue weighted by Gasteiger charge is 2.10. The number of nitrogens with one attached hydrogen (secondary N) is 1. The van der Waals surface area contributed by atoms with Gasteiger partial charge in [-0.3, -0.25) is 0 Å². The van der Waals surface area contributed by atoms with Crippen molar-refractivity contribution in [2.45, 2.75) is 13.0 Å². The zero-order valence-electron chi connectivity index (χ0n) is 12.6. The van der Waals surface area contributed by atoms with Crippen LogP contribution in [0.1, 0.15) is 12.0 Å². The van der Waals surface area contributed by atoms with Crippen molar-refractivity contribution in [2.24, 2.45) is 10.7 Å². The summed E-state index contributed by atoms with van der Waals surface area (Å²) in [5.74, 6) is 1.38. The maximum Gasteiger partial charge on any atom is 0.193 e. The highest BCUT2D eigenvalue weighted by molar-refractivity contribution is 5.92. The Morgan fingerprint density at radius 3 is 2.78 bits per heavy atom. The molecule has 0 saturated carbocycles. The van der Waals surface area contributed by atoms with Crippen LogP contribution >= 0.6 is 0 Å². The molecule has 0 saturated heterocycles. The number of benzene rings is 2. The molecule has 1 aliphatic heterocycles. The Morgan fingerprint density at radius 1 is 1.13 bits per heavy atom. The fourth-order valence-corrected chi connectivity index (χ4v) is 2.24. The molecule has 5 nitrogen and oxygen atoms in total. The molecule has 6 heteroatoms. The number of aliphatic imine (C=N–C) groups is 1. The molecule has 0 amide bonds. The molecule has 3 N–H and O–H groups in total. The molecule has 1 heterocycles. The van der Waals surface area contributed by atoms with Crippen LogP contribution in [-0.4, -0.2) is 19.2 Å². The van der Waals surface area contributed by atoms with Crippen LogP contribution in [0.3, 0.4) is 0 Å². The van der Waals surface area contributed by atoms with Gasteiger partial charge in [-0.05, 0) is 29.8 Å². The van der Waals surface area contributed by atoms with Gasteiger partial charge in [0, 0.05) is 18.2 Å². The van der Waals surface area contributed by atoms with Crippen LogP contribution in [0.15, 0.2) is 47.5 Å².